The molecule has 0 unspecified atom stereocenters. The number of rotatable bonds is 6. The Morgan fingerprint density at radius 3 is 2.61 bits per heavy atom. The summed E-state index contributed by atoms with van der Waals surface area (Å²) in [5, 5.41) is 0.532. The van der Waals surface area contributed by atoms with E-state index in [2.05, 4.69) is 6.92 Å². The molecule has 3 nitrogen and oxygen atoms in total. The van der Waals surface area contributed by atoms with E-state index in [0.717, 1.165) is 24.8 Å². The Kier molecular flexibility index (Phi) is 5.99. The number of esters is 1. The van der Waals surface area contributed by atoms with Crippen LogP contribution in [-0.2, 0) is 11.2 Å². The molecule has 0 fully saturated rings. The first-order valence-corrected chi connectivity index (χ1v) is 6.55. The van der Waals surface area contributed by atoms with Crippen LogP contribution in [0.2, 0.25) is 5.02 Å². The number of ether oxygens (including phenoxy) is 2. The van der Waals surface area contributed by atoms with Gasteiger partial charge in [0.2, 0.25) is 0 Å². The van der Waals surface area contributed by atoms with Gasteiger partial charge in [0.15, 0.2) is 0 Å². The lowest BCUT2D eigenvalue weighted by atomic mass is 10.0. The Morgan fingerprint density at radius 1 is 1.33 bits per heavy atom. The van der Waals surface area contributed by atoms with Gasteiger partial charge in [-0.25, -0.2) is 4.79 Å². The quantitative estimate of drug-likeness (QED) is 0.736. The number of carbonyl (C=O) groups is 1. The second-order valence-electron chi connectivity index (χ2n) is 3.97. The second-order valence-corrected chi connectivity index (χ2v) is 4.41. The van der Waals surface area contributed by atoms with Gasteiger partial charge in [-0.2, -0.15) is 0 Å². The molecule has 0 radical (unpaired) electrons. The largest absolute Gasteiger partial charge is 0.493 e. The zero-order valence-corrected chi connectivity index (χ0v) is 11.8. The minimum absolute atomic E-state index is 0.401. The standard InChI is InChI=1S/C14H19ClO3/c1-4-6-7-10-8-11(15)9-12(14(16)17-3)13(10)18-5-2/h8-9H,4-7H2,1-3H3. The first kappa shape index (κ1) is 14.8. The molecule has 1 rings (SSSR count). The molecule has 4 heteroatoms. The molecule has 18 heavy (non-hydrogen) atoms. The average Bonchev–Trinajstić information content (AvgIpc) is 2.37. The van der Waals surface area contributed by atoms with Crippen molar-refractivity contribution in [2.75, 3.05) is 13.7 Å². The Bertz CT molecular complexity index is 416. The number of hydrogen-bond donors (Lipinski definition) is 0. The highest BCUT2D eigenvalue weighted by atomic mass is 35.5. The number of methoxy groups -OCH3 is 1. The molecule has 0 N–H and O–H groups in total. The number of halogens is 1. The van der Waals surface area contributed by atoms with Crippen molar-refractivity contribution >= 4 is 17.6 Å². The molecule has 0 aliphatic rings. The van der Waals surface area contributed by atoms with Gasteiger partial charge in [-0.05, 0) is 37.5 Å². The molecule has 100 valence electrons. The molecule has 0 aliphatic heterocycles. The highest BCUT2D eigenvalue weighted by molar-refractivity contribution is 6.31. The third-order valence-corrected chi connectivity index (χ3v) is 2.84. The molecule has 0 atom stereocenters. The summed E-state index contributed by atoms with van der Waals surface area (Å²) in [4.78, 5) is 11.7. The van der Waals surface area contributed by atoms with Crippen LogP contribution in [0.1, 0.15) is 42.6 Å². The summed E-state index contributed by atoms with van der Waals surface area (Å²) in [6.45, 7) is 4.51. The summed E-state index contributed by atoms with van der Waals surface area (Å²) in [5.41, 5.74) is 1.37. The van der Waals surface area contributed by atoms with E-state index < -0.39 is 5.97 Å². The Hall–Kier alpha value is -1.22. The monoisotopic (exact) mass is 270 g/mol. The van der Waals surface area contributed by atoms with Crippen molar-refractivity contribution < 1.29 is 14.3 Å². The number of benzene rings is 1. The molecule has 0 saturated heterocycles. The van der Waals surface area contributed by atoms with E-state index in [1.807, 2.05) is 13.0 Å². The zero-order chi connectivity index (χ0) is 13.5. The Morgan fingerprint density at radius 2 is 2.06 bits per heavy atom. The lowest BCUT2D eigenvalue weighted by Crippen LogP contribution is -2.08. The molecule has 0 aromatic heterocycles. The maximum atomic E-state index is 11.7. The van der Waals surface area contributed by atoms with Crippen molar-refractivity contribution in [2.24, 2.45) is 0 Å². The molecule has 1 aromatic rings. The number of aryl methyl sites for hydroxylation is 1. The first-order chi connectivity index (χ1) is 8.63. The van der Waals surface area contributed by atoms with Crippen LogP contribution in [-0.4, -0.2) is 19.7 Å². The van der Waals surface area contributed by atoms with Gasteiger partial charge in [-0.3, -0.25) is 0 Å². The smallest absolute Gasteiger partial charge is 0.341 e. The van der Waals surface area contributed by atoms with Crippen LogP contribution in [0.15, 0.2) is 12.1 Å². The second kappa shape index (κ2) is 7.27. The van der Waals surface area contributed by atoms with E-state index >= 15 is 0 Å². The maximum absolute atomic E-state index is 11.7. The van der Waals surface area contributed by atoms with Gasteiger partial charge < -0.3 is 9.47 Å². The minimum atomic E-state index is -0.418. The number of unbranched alkanes of at least 4 members (excludes halogenated alkanes) is 1. The van der Waals surface area contributed by atoms with Crippen LogP contribution < -0.4 is 4.74 Å². The summed E-state index contributed by atoms with van der Waals surface area (Å²) in [7, 11) is 1.35. The van der Waals surface area contributed by atoms with Crippen LogP contribution in [0.25, 0.3) is 0 Å². The summed E-state index contributed by atoms with van der Waals surface area (Å²) in [6, 6.07) is 3.45. The number of carbonyl (C=O) groups excluding carboxylic acids is 1. The molecule has 0 amide bonds. The van der Waals surface area contributed by atoms with Gasteiger partial charge in [0.1, 0.15) is 11.3 Å². The van der Waals surface area contributed by atoms with Crippen LogP contribution in [0.4, 0.5) is 0 Å². The van der Waals surface area contributed by atoms with Gasteiger partial charge in [0.05, 0.1) is 13.7 Å². The molecule has 1 aromatic carbocycles. The predicted octanol–water partition coefficient (Wildman–Crippen LogP) is 3.87. The lowest BCUT2D eigenvalue weighted by Gasteiger charge is -2.14. The fraction of sp³-hybridized carbons (Fsp3) is 0.500. The highest BCUT2D eigenvalue weighted by Gasteiger charge is 2.18. The van der Waals surface area contributed by atoms with E-state index in [4.69, 9.17) is 21.1 Å². The van der Waals surface area contributed by atoms with Crippen LogP contribution in [0.3, 0.4) is 0 Å². The topological polar surface area (TPSA) is 35.5 Å². The van der Waals surface area contributed by atoms with Crippen molar-refractivity contribution in [1.82, 2.24) is 0 Å². The molecule has 0 heterocycles. The van der Waals surface area contributed by atoms with E-state index in [9.17, 15) is 4.79 Å². The number of hydrogen-bond acceptors (Lipinski definition) is 3. The third-order valence-electron chi connectivity index (χ3n) is 2.62. The molecule has 0 saturated carbocycles. The van der Waals surface area contributed by atoms with Gasteiger partial charge in [0.25, 0.3) is 0 Å². The molecular formula is C14H19ClO3. The Balaban J connectivity index is 3.21. The van der Waals surface area contributed by atoms with Gasteiger partial charge in [0, 0.05) is 5.02 Å². The fourth-order valence-corrected chi connectivity index (χ4v) is 2.02. The molecular weight excluding hydrogens is 252 g/mol. The van der Waals surface area contributed by atoms with E-state index in [1.54, 1.807) is 6.07 Å². The van der Waals surface area contributed by atoms with Gasteiger partial charge >= 0.3 is 5.97 Å². The summed E-state index contributed by atoms with van der Waals surface area (Å²) in [5.74, 6) is 0.181. The summed E-state index contributed by atoms with van der Waals surface area (Å²) in [6.07, 6.45) is 2.95. The van der Waals surface area contributed by atoms with E-state index in [0.29, 0.717) is 22.9 Å². The minimum Gasteiger partial charge on any atom is -0.493 e. The predicted molar refractivity (Wildman–Crippen MR) is 72.6 cm³/mol. The van der Waals surface area contributed by atoms with Crippen molar-refractivity contribution in [3.8, 4) is 5.75 Å². The van der Waals surface area contributed by atoms with Crippen LogP contribution >= 0.6 is 11.6 Å². The van der Waals surface area contributed by atoms with E-state index in [-0.39, 0.29) is 0 Å². The van der Waals surface area contributed by atoms with Gasteiger partial charge in [-0.1, -0.05) is 24.9 Å². The Labute approximate surface area is 113 Å². The van der Waals surface area contributed by atoms with Crippen molar-refractivity contribution in [2.45, 2.75) is 33.1 Å². The average molecular weight is 271 g/mol. The summed E-state index contributed by atoms with van der Waals surface area (Å²) < 4.78 is 10.3. The van der Waals surface area contributed by atoms with Crippen LogP contribution in [0.5, 0.6) is 5.75 Å². The zero-order valence-electron chi connectivity index (χ0n) is 11.1. The molecule has 0 aliphatic carbocycles. The van der Waals surface area contributed by atoms with Crippen molar-refractivity contribution in [3.63, 3.8) is 0 Å². The summed E-state index contributed by atoms with van der Waals surface area (Å²) >= 11 is 6.04. The third kappa shape index (κ3) is 3.64. The maximum Gasteiger partial charge on any atom is 0.341 e. The molecule has 0 bridgehead atoms. The van der Waals surface area contributed by atoms with Crippen molar-refractivity contribution in [3.05, 3.63) is 28.3 Å². The van der Waals surface area contributed by atoms with Gasteiger partial charge in [-0.15, -0.1) is 0 Å². The first-order valence-electron chi connectivity index (χ1n) is 6.17. The molecule has 0 spiro atoms. The normalized spacial score (nSPS) is 10.2. The van der Waals surface area contributed by atoms with Crippen molar-refractivity contribution in [1.29, 1.82) is 0 Å². The highest BCUT2D eigenvalue weighted by Crippen LogP contribution is 2.30. The van der Waals surface area contributed by atoms with E-state index in [1.165, 1.54) is 7.11 Å². The lowest BCUT2D eigenvalue weighted by molar-refractivity contribution is 0.0596. The fourth-order valence-electron chi connectivity index (χ4n) is 1.78. The SMILES string of the molecule is CCCCc1cc(Cl)cc(C(=O)OC)c1OCC. The van der Waals surface area contributed by atoms with Crippen LogP contribution in [0, 0.1) is 0 Å².